The number of benzene rings is 1. The highest BCUT2D eigenvalue weighted by atomic mass is 79.9. The van der Waals surface area contributed by atoms with Gasteiger partial charge in [0.05, 0.1) is 0 Å². The van der Waals surface area contributed by atoms with Crippen molar-refractivity contribution in [1.29, 1.82) is 0 Å². The highest BCUT2D eigenvalue weighted by Gasteiger charge is 2.04. The monoisotopic (exact) mass is 292 g/mol. The molecule has 1 aromatic rings. The van der Waals surface area contributed by atoms with Gasteiger partial charge in [-0.25, -0.2) is 0 Å². The molecule has 0 heterocycles. The third-order valence-electron chi connectivity index (χ3n) is 1.57. The molecule has 66 valence electrons. The first-order valence-corrected chi connectivity index (χ1v) is 5.13. The third-order valence-corrected chi connectivity index (χ3v) is 2.48. The van der Waals surface area contributed by atoms with E-state index in [0.717, 1.165) is 14.5 Å². The fourth-order valence-electron chi connectivity index (χ4n) is 0.925. The summed E-state index contributed by atoms with van der Waals surface area (Å²) >= 11 is 6.77. The smallest absolute Gasteiger partial charge is 0.0420 e. The van der Waals surface area contributed by atoms with Crippen LogP contribution in [0, 0.1) is 0 Å². The fraction of sp³-hybridized carbons (Fsp3) is 0.250. The van der Waals surface area contributed by atoms with Gasteiger partial charge < -0.3 is 11.5 Å². The van der Waals surface area contributed by atoms with Gasteiger partial charge in [0.15, 0.2) is 0 Å². The number of hydrogen-bond donors (Lipinski definition) is 2. The van der Waals surface area contributed by atoms with E-state index in [2.05, 4.69) is 31.9 Å². The summed E-state index contributed by atoms with van der Waals surface area (Å²) in [6, 6.07) is 5.83. The Labute approximate surface area is 88.6 Å². The first kappa shape index (κ1) is 10.2. The highest BCUT2D eigenvalue weighted by molar-refractivity contribution is 9.11. The molecule has 0 aliphatic carbocycles. The summed E-state index contributed by atoms with van der Waals surface area (Å²) in [4.78, 5) is 0. The van der Waals surface area contributed by atoms with Crippen molar-refractivity contribution in [1.82, 2.24) is 0 Å². The molecule has 0 aromatic heterocycles. The molecule has 0 saturated heterocycles. The first-order chi connectivity index (χ1) is 5.63. The van der Waals surface area contributed by atoms with Gasteiger partial charge in [-0.1, -0.05) is 31.9 Å². The van der Waals surface area contributed by atoms with Crippen molar-refractivity contribution in [3.8, 4) is 0 Å². The van der Waals surface area contributed by atoms with Crippen LogP contribution < -0.4 is 11.5 Å². The molecule has 12 heavy (non-hydrogen) atoms. The molecule has 1 aromatic carbocycles. The van der Waals surface area contributed by atoms with Crippen molar-refractivity contribution in [2.75, 3.05) is 6.54 Å². The minimum absolute atomic E-state index is 0.0844. The number of rotatable bonds is 2. The molecule has 0 bridgehead atoms. The summed E-state index contributed by atoms with van der Waals surface area (Å²) < 4.78 is 2.02. The summed E-state index contributed by atoms with van der Waals surface area (Å²) in [5.74, 6) is 0. The van der Waals surface area contributed by atoms with Crippen molar-refractivity contribution in [2.24, 2.45) is 11.5 Å². The van der Waals surface area contributed by atoms with Crippen LogP contribution in [0.25, 0.3) is 0 Å². The Hall–Kier alpha value is 0.1000. The topological polar surface area (TPSA) is 52.0 Å². The lowest BCUT2D eigenvalue weighted by Crippen LogP contribution is -2.20. The second-order valence-corrected chi connectivity index (χ2v) is 4.38. The molecular weight excluding hydrogens is 284 g/mol. The summed E-state index contributed by atoms with van der Waals surface area (Å²) in [7, 11) is 0. The second-order valence-electron chi connectivity index (χ2n) is 2.54. The molecule has 1 rings (SSSR count). The van der Waals surface area contributed by atoms with Crippen LogP contribution in [-0.4, -0.2) is 6.54 Å². The summed E-state index contributed by atoms with van der Waals surface area (Å²) in [5.41, 5.74) is 12.3. The average Bonchev–Trinajstić information content (AvgIpc) is 2.01. The summed E-state index contributed by atoms with van der Waals surface area (Å²) in [6.07, 6.45) is 0. The molecule has 0 radical (unpaired) electrons. The number of nitrogens with two attached hydrogens (primary N) is 2. The van der Waals surface area contributed by atoms with Crippen LogP contribution in [-0.2, 0) is 0 Å². The SMILES string of the molecule is NC[C@@H](N)c1cc(Br)cc(Br)c1. The number of halogens is 2. The summed E-state index contributed by atoms with van der Waals surface area (Å²) in [6.45, 7) is 0.461. The molecule has 0 fully saturated rings. The van der Waals surface area contributed by atoms with E-state index in [1.54, 1.807) is 0 Å². The van der Waals surface area contributed by atoms with Crippen LogP contribution in [0.1, 0.15) is 11.6 Å². The molecule has 1 atom stereocenters. The van der Waals surface area contributed by atoms with Gasteiger partial charge >= 0.3 is 0 Å². The zero-order chi connectivity index (χ0) is 9.14. The van der Waals surface area contributed by atoms with E-state index in [1.807, 2.05) is 18.2 Å². The Morgan fingerprint density at radius 3 is 2.08 bits per heavy atom. The maximum Gasteiger partial charge on any atom is 0.0420 e. The molecule has 0 spiro atoms. The van der Waals surface area contributed by atoms with E-state index in [9.17, 15) is 0 Å². The van der Waals surface area contributed by atoms with Gasteiger partial charge in [0.2, 0.25) is 0 Å². The van der Waals surface area contributed by atoms with Crippen molar-refractivity contribution >= 4 is 31.9 Å². The Morgan fingerprint density at radius 1 is 1.17 bits per heavy atom. The van der Waals surface area contributed by atoms with E-state index < -0.39 is 0 Å². The van der Waals surface area contributed by atoms with Gasteiger partial charge in [-0.15, -0.1) is 0 Å². The van der Waals surface area contributed by atoms with Crippen LogP contribution in [0.4, 0.5) is 0 Å². The van der Waals surface area contributed by atoms with Crippen LogP contribution >= 0.6 is 31.9 Å². The zero-order valence-corrected chi connectivity index (χ0v) is 9.60. The van der Waals surface area contributed by atoms with Crippen molar-refractivity contribution < 1.29 is 0 Å². The normalized spacial score (nSPS) is 13.0. The summed E-state index contributed by atoms with van der Waals surface area (Å²) in [5, 5.41) is 0. The predicted molar refractivity (Wildman–Crippen MR) is 57.8 cm³/mol. The van der Waals surface area contributed by atoms with E-state index in [-0.39, 0.29) is 6.04 Å². The minimum Gasteiger partial charge on any atom is -0.329 e. The van der Waals surface area contributed by atoms with Crippen molar-refractivity contribution in [3.05, 3.63) is 32.7 Å². The lowest BCUT2D eigenvalue weighted by atomic mass is 10.1. The quantitative estimate of drug-likeness (QED) is 0.878. The second kappa shape index (κ2) is 4.37. The Bertz CT molecular complexity index is 256. The van der Waals surface area contributed by atoms with Crippen LogP contribution in [0.2, 0.25) is 0 Å². The van der Waals surface area contributed by atoms with Gasteiger partial charge in [-0.2, -0.15) is 0 Å². The zero-order valence-electron chi connectivity index (χ0n) is 6.43. The lowest BCUT2D eigenvalue weighted by Gasteiger charge is -2.09. The third kappa shape index (κ3) is 2.55. The Morgan fingerprint density at radius 2 is 1.67 bits per heavy atom. The molecule has 0 amide bonds. The average molecular weight is 294 g/mol. The predicted octanol–water partition coefficient (Wildman–Crippen LogP) is 2.17. The van der Waals surface area contributed by atoms with Gasteiger partial charge in [-0.05, 0) is 23.8 Å². The van der Waals surface area contributed by atoms with Crippen LogP contribution in [0.3, 0.4) is 0 Å². The molecule has 0 unspecified atom stereocenters. The van der Waals surface area contributed by atoms with Gasteiger partial charge in [0, 0.05) is 21.5 Å². The minimum atomic E-state index is -0.0844. The first-order valence-electron chi connectivity index (χ1n) is 3.55. The van der Waals surface area contributed by atoms with Crippen molar-refractivity contribution in [2.45, 2.75) is 6.04 Å². The van der Waals surface area contributed by atoms with Gasteiger partial charge in [0.1, 0.15) is 0 Å². The molecule has 0 aliphatic heterocycles. The molecule has 4 heteroatoms. The largest absolute Gasteiger partial charge is 0.329 e. The van der Waals surface area contributed by atoms with E-state index >= 15 is 0 Å². The molecule has 0 saturated carbocycles. The van der Waals surface area contributed by atoms with Crippen LogP contribution in [0.5, 0.6) is 0 Å². The van der Waals surface area contributed by atoms with E-state index in [1.165, 1.54) is 0 Å². The molecule has 4 N–H and O–H groups in total. The van der Waals surface area contributed by atoms with E-state index in [0.29, 0.717) is 6.54 Å². The van der Waals surface area contributed by atoms with Gasteiger partial charge in [0.25, 0.3) is 0 Å². The molecule has 2 nitrogen and oxygen atoms in total. The van der Waals surface area contributed by atoms with Crippen LogP contribution in [0.15, 0.2) is 27.1 Å². The van der Waals surface area contributed by atoms with E-state index in [4.69, 9.17) is 11.5 Å². The fourth-order valence-corrected chi connectivity index (χ4v) is 2.25. The maximum absolute atomic E-state index is 5.77. The Kier molecular flexibility index (Phi) is 3.71. The van der Waals surface area contributed by atoms with Gasteiger partial charge in [-0.3, -0.25) is 0 Å². The molecule has 0 aliphatic rings. The maximum atomic E-state index is 5.77. The Balaban J connectivity index is 3.00. The van der Waals surface area contributed by atoms with Crippen molar-refractivity contribution in [3.63, 3.8) is 0 Å². The lowest BCUT2D eigenvalue weighted by molar-refractivity contribution is 0.736. The highest BCUT2D eigenvalue weighted by Crippen LogP contribution is 2.22. The number of hydrogen-bond acceptors (Lipinski definition) is 2. The molecular formula is C8H10Br2N2. The standard InChI is InChI=1S/C8H10Br2N2/c9-6-1-5(8(12)4-11)2-7(10)3-6/h1-3,8H,4,11-12H2/t8-/m1/s1.